The fourth-order valence-corrected chi connectivity index (χ4v) is 4.49. The van der Waals surface area contributed by atoms with Crippen molar-refractivity contribution in [1.29, 1.82) is 0 Å². The Morgan fingerprint density at radius 3 is 2.69 bits per heavy atom. The first kappa shape index (κ1) is 26.5. The Hall–Kier alpha value is -3.11. The van der Waals surface area contributed by atoms with E-state index >= 15 is 0 Å². The third-order valence-electron chi connectivity index (χ3n) is 4.68. The zero-order valence-electron chi connectivity index (χ0n) is 18.7. The van der Waals surface area contributed by atoms with Crippen LogP contribution in [0, 0.1) is 12.7 Å². The van der Waals surface area contributed by atoms with Gasteiger partial charge in [-0.2, -0.15) is 5.09 Å². The van der Waals surface area contributed by atoms with Gasteiger partial charge >= 0.3 is 13.7 Å². The van der Waals surface area contributed by atoms with Crippen molar-refractivity contribution < 1.29 is 33.0 Å². The van der Waals surface area contributed by atoms with Crippen LogP contribution in [-0.4, -0.2) is 33.4 Å². The van der Waals surface area contributed by atoms with Gasteiger partial charge in [0.2, 0.25) is 0 Å². The van der Waals surface area contributed by atoms with Crippen LogP contribution in [0.1, 0.15) is 23.7 Å². The molecule has 2 aromatic carbocycles. The second-order valence-electron chi connectivity index (χ2n) is 7.35. The number of aromatic hydroxyl groups is 1. The number of carboxylic acid groups (broad SMARTS) is 1. The molecule has 0 aliphatic heterocycles. The number of carboxylic acids is 1. The van der Waals surface area contributed by atoms with Crippen LogP contribution in [0.4, 0.5) is 10.1 Å². The number of aliphatic imine (C=N–C) groups is 1. The number of aliphatic carboxylic acids is 1. The molecule has 9 nitrogen and oxygen atoms in total. The number of pyridine rings is 1. The van der Waals surface area contributed by atoms with Crippen LogP contribution in [0.3, 0.4) is 0 Å². The van der Waals surface area contributed by atoms with Crippen molar-refractivity contribution in [2.75, 3.05) is 0 Å². The van der Waals surface area contributed by atoms with Gasteiger partial charge in [-0.3, -0.25) is 19.3 Å². The molecule has 3 aromatic rings. The van der Waals surface area contributed by atoms with E-state index in [1.165, 1.54) is 43.6 Å². The minimum absolute atomic E-state index is 0.196. The standard InChI is InChI=1S/C23H22BrFN3O6P/c1-14-22(29)19(12-27-17-8-9-20(24)21(25)10-17)16(11-26-14)13-33-35(32,28-15(2)23(30)31)34-18-6-4-3-5-7-18/h3-12,15,29H,13H2,1-2H3,(H,28,32)(H,30,31). The zero-order valence-corrected chi connectivity index (χ0v) is 21.2. The van der Waals surface area contributed by atoms with E-state index in [-0.39, 0.29) is 33.7 Å². The van der Waals surface area contributed by atoms with E-state index in [9.17, 15) is 24.0 Å². The number of carbonyl (C=O) groups is 1. The molecule has 35 heavy (non-hydrogen) atoms. The molecule has 0 saturated carbocycles. The van der Waals surface area contributed by atoms with Crippen LogP contribution in [-0.2, 0) is 20.5 Å². The number of aromatic nitrogens is 1. The highest BCUT2D eigenvalue weighted by molar-refractivity contribution is 9.10. The highest BCUT2D eigenvalue weighted by Crippen LogP contribution is 2.46. The molecule has 0 aliphatic carbocycles. The van der Waals surface area contributed by atoms with E-state index in [1.807, 2.05) is 0 Å². The molecule has 3 rings (SSSR count). The summed E-state index contributed by atoms with van der Waals surface area (Å²) in [5, 5.41) is 22.2. The summed E-state index contributed by atoms with van der Waals surface area (Å²) in [6, 6.07) is 11.2. The molecular weight excluding hydrogens is 544 g/mol. The predicted octanol–water partition coefficient (Wildman–Crippen LogP) is 5.51. The number of hydrogen-bond acceptors (Lipinski definition) is 7. The number of nitrogens with zero attached hydrogens (tertiary/aromatic N) is 2. The third kappa shape index (κ3) is 7.19. The summed E-state index contributed by atoms with van der Waals surface area (Å²) in [6.45, 7) is 2.50. The van der Waals surface area contributed by atoms with Gasteiger partial charge in [-0.25, -0.2) is 8.96 Å². The maximum atomic E-state index is 13.8. The number of hydrogen-bond donors (Lipinski definition) is 3. The summed E-state index contributed by atoms with van der Waals surface area (Å²) < 4.78 is 38.5. The first-order valence-corrected chi connectivity index (χ1v) is 12.6. The highest BCUT2D eigenvalue weighted by Gasteiger charge is 2.32. The van der Waals surface area contributed by atoms with E-state index in [0.29, 0.717) is 11.4 Å². The topological polar surface area (TPSA) is 130 Å². The molecule has 0 amide bonds. The summed E-state index contributed by atoms with van der Waals surface area (Å²) in [6.07, 6.45) is 2.70. The molecule has 184 valence electrons. The molecular formula is C23H22BrFN3O6P. The lowest BCUT2D eigenvalue weighted by atomic mass is 10.1. The first-order valence-electron chi connectivity index (χ1n) is 10.2. The molecule has 0 bridgehead atoms. The second kappa shape index (κ2) is 11.5. The van der Waals surface area contributed by atoms with Crippen molar-refractivity contribution in [2.24, 2.45) is 4.99 Å². The smallest absolute Gasteiger partial charge is 0.459 e. The molecule has 0 aliphatic rings. The lowest BCUT2D eigenvalue weighted by Crippen LogP contribution is -2.33. The number of para-hydroxylation sites is 1. The minimum Gasteiger partial charge on any atom is -0.505 e. The number of benzene rings is 2. The number of aryl methyl sites for hydroxylation is 1. The van der Waals surface area contributed by atoms with Crippen molar-refractivity contribution in [1.82, 2.24) is 10.1 Å². The molecule has 1 heterocycles. The van der Waals surface area contributed by atoms with E-state index in [0.717, 1.165) is 0 Å². The summed E-state index contributed by atoms with van der Waals surface area (Å²) >= 11 is 3.07. The molecule has 0 saturated heterocycles. The van der Waals surface area contributed by atoms with Crippen LogP contribution >= 0.6 is 23.7 Å². The van der Waals surface area contributed by atoms with Crippen molar-refractivity contribution in [3.63, 3.8) is 0 Å². The molecule has 0 spiro atoms. The van der Waals surface area contributed by atoms with Crippen LogP contribution in [0.25, 0.3) is 0 Å². The highest BCUT2D eigenvalue weighted by atomic mass is 79.9. The maximum Gasteiger partial charge on any atom is 0.459 e. The Labute approximate surface area is 209 Å². The third-order valence-corrected chi connectivity index (χ3v) is 6.95. The summed E-state index contributed by atoms with van der Waals surface area (Å²) in [5.74, 6) is -1.76. The second-order valence-corrected chi connectivity index (χ2v) is 9.90. The van der Waals surface area contributed by atoms with Gasteiger partial charge in [-0.15, -0.1) is 0 Å². The van der Waals surface area contributed by atoms with E-state index in [1.54, 1.807) is 31.2 Å². The normalized spacial score (nSPS) is 13.9. The van der Waals surface area contributed by atoms with Crippen molar-refractivity contribution >= 4 is 41.5 Å². The minimum atomic E-state index is -4.19. The van der Waals surface area contributed by atoms with Gasteiger partial charge in [-0.05, 0) is 54.0 Å². The van der Waals surface area contributed by atoms with Crippen molar-refractivity contribution in [3.8, 4) is 11.5 Å². The zero-order chi connectivity index (χ0) is 25.6. The SMILES string of the molecule is Cc1ncc(COP(=O)(NC(C)C(=O)O)Oc2ccccc2)c(C=Nc2ccc(Br)c(F)c2)c1O. The van der Waals surface area contributed by atoms with E-state index in [2.05, 4.69) is 31.0 Å². The van der Waals surface area contributed by atoms with Crippen LogP contribution in [0.5, 0.6) is 11.5 Å². The number of rotatable bonds is 10. The van der Waals surface area contributed by atoms with Gasteiger partial charge in [-0.1, -0.05) is 18.2 Å². The number of halogens is 2. The average Bonchev–Trinajstić information content (AvgIpc) is 2.82. The molecule has 2 atom stereocenters. The van der Waals surface area contributed by atoms with Gasteiger partial charge in [0.15, 0.2) is 0 Å². The molecule has 12 heteroatoms. The van der Waals surface area contributed by atoms with E-state index < -0.39 is 25.6 Å². The van der Waals surface area contributed by atoms with Crippen LogP contribution in [0.15, 0.2) is 64.2 Å². The Morgan fingerprint density at radius 2 is 2.03 bits per heavy atom. The van der Waals surface area contributed by atoms with Gasteiger partial charge < -0.3 is 14.7 Å². The Bertz CT molecular complexity index is 1290. The largest absolute Gasteiger partial charge is 0.505 e. The van der Waals surface area contributed by atoms with Crippen molar-refractivity contribution in [2.45, 2.75) is 26.5 Å². The van der Waals surface area contributed by atoms with E-state index in [4.69, 9.17) is 9.05 Å². The Morgan fingerprint density at radius 1 is 1.31 bits per heavy atom. The fraction of sp³-hybridized carbons (Fsp3) is 0.174. The quantitative estimate of drug-likeness (QED) is 0.216. The predicted molar refractivity (Wildman–Crippen MR) is 132 cm³/mol. The Kier molecular flexibility index (Phi) is 8.74. The summed E-state index contributed by atoms with van der Waals surface area (Å²) in [4.78, 5) is 19.6. The average molecular weight is 566 g/mol. The monoisotopic (exact) mass is 565 g/mol. The molecule has 2 unspecified atom stereocenters. The van der Waals surface area contributed by atoms with Gasteiger partial charge in [0, 0.05) is 29.6 Å². The fourth-order valence-electron chi connectivity index (χ4n) is 2.77. The Balaban J connectivity index is 1.89. The van der Waals surface area contributed by atoms with Gasteiger partial charge in [0.05, 0.1) is 22.5 Å². The van der Waals surface area contributed by atoms with Crippen LogP contribution < -0.4 is 9.61 Å². The lowest BCUT2D eigenvalue weighted by Gasteiger charge is -2.22. The summed E-state index contributed by atoms with van der Waals surface area (Å²) in [5.41, 5.74) is 1.09. The molecule has 3 N–H and O–H groups in total. The maximum absolute atomic E-state index is 13.8. The molecule has 0 fully saturated rings. The molecule has 1 aromatic heterocycles. The first-order chi connectivity index (χ1) is 16.6. The molecule has 0 radical (unpaired) electrons. The van der Waals surface area contributed by atoms with Crippen molar-refractivity contribution in [3.05, 3.63) is 81.8 Å². The number of nitrogens with one attached hydrogen (secondary N) is 1. The summed E-state index contributed by atoms with van der Waals surface area (Å²) in [7, 11) is -4.19. The van der Waals surface area contributed by atoms with Crippen LogP contribution in [0.2, 0.25) is 0 Å². The lowest BCUT2D eigenvalue weighted by molar-refractivity contribution is -0.138. The van der Waals surface area contributed by atoms with Gasteiger partial charge in [0.1, 0.15) is 23.4 Å². The van der Waals surface area contributed by atoms with Gasteiger partial charge in [0.25, 0.3) is 0 Å².